The third kappa shape index (κ3) is 6.25. The topological polar surface area (TPSA) is 32.8 Å². The summed E-state index contributed by atoms with van der Waals surface area (Å²) in [5.41, 5.74) is 2.52. The van der Waals surface area contributed by atoms with Gasteiger partial charge < -0.3 is 9.64 Å². The largest absolute Gasteiger partial charge is 0.497 e. The Labute approximate surface area is 173 Å². The second-order valence-corrected chi connectivity index (χ2v) is 7.78. The minimum atomic E-state index is 0.278. The third-order valence-corrected chi connectivity index (χ3v) is 5.53. The van der Waals surface area contributed by atoms with Crippen LogP contribution in [0.5, 0.6) is 5.75 Å². The number of nitrogens with zero attached hydrogens (tertiary/aromatic N) is 2. The van der Waals surface area contributed by atoms with Gasteiger partial charge in [0.05, 0.1) is 7.11 Å². The van der Waals surface area contributed by atoms with Gasteiger partial charge >= 0.3 is 0 Å². The molecule has 3 rings (SSSR count). The molecule has 4 nitrogen and oxygen atoms in total. The number of carbonyl (C=O) groups is 1. The molecule has 0 unspecified atom stereocenters. The summed E-state index contributed by atoms with van der Waals surface area (Å²) in [6, 6.07) is 16.1. The van der Waals surface area contributed by atoms with E-state index >= 15 is 0 Å². The maximum atomic E-state index is 12.6. The van der Waals surface area contributed by atoms with Crippen molar-refractivity contribution >= 4 is 17.5 Å². The fourth-order valence-corrected chi connectivity index (χ4v) is 3.75. The second kappa shape index (κ2) is 10.5. The summed E-state index contributed by atoms with van der Waals surface area (Å²) in [6.07, 6.45) is 3.44. The monoisotopic (exact) mass is 400 g/mol. The molecule has 0 aliphatic carbocycles. The standard InChI is InChI=1S/C23H29ClN2O2/c1-28-22-12-8-20(9-13-22)18-25-14-3-15-26(17-16-25)23(27)5-2-4-19-6-10-21(24)11-7-19/h6-13H,2-5,14-18H2,1H3. The average molecular weight is 401 g/mol. The van der Waals surface area contributed by atoms with E-state index in [1.807, 2.05) is 41.3 Å². The third-order valence-electron chi connectivity index (χ3n) is 5.28. The quantitative estimate of drug-likeness (QED) is 0.690. The fourth-order valence-electron chi connectivity index (χ4n) is 3.62. The summed E-state index contributed by atoms with van der Waals surface area (Å²) in [5.74, 6) is 1.16. The molecule has 150 valence electrons. The number of amides is 1. The van der Waals surface area contributed by atoms with Gasteiger partial charge in [0.1, 0.15) is 5.75 Å². The van der Waals surface area contributed by atoms with Crippen LogP contribution in [0.25, 0.3) is 0 Å². The van der Waals surface area contributed by atoms with Crippen LogP contribution >= 0.6 is 11.6 Å². The first-order valence-corrected chi connectivity index (χ1v) is 10.4. The van der Waals surface area contributed by atoms with E-state index in [-0.39, 0.29) is 5.91 Å². The predicted octanol–water partition coefficient (Wildman–Crippen LogP) is 4.41. The molecule has 2 aromatic rings. The van der Waals surface area contributed by atoms with Crippen molar-refractivity contribution in [2.45, 2.75) is 32.2 Å². The Morgan fingerprint density at radius 1 is 0.964 bits per heavy atom. The molecule has 0 aromatic heterocycles. The van der Waals surface area contributed by atoms with Gasteiger partial charge in [-0.15, -0.1) is 0 Å². The van der Waals surface area contributed by atoms with E-state index in [9.17, 15) is 4.79 Å². The highest BCUT2D eigenvalue weighted by molar-refractivity contribution is 6.30. The Kier molecular flexibility index (Phi) is 7.75. The SMILES string of the molecule is COc1ccc(CN2CCCN(C(=O)CCCc3ccc(Cl)cc3)CC2)cc1. The van der Waals surface area contributed by atoms with E-state index in [0.29, 0.717) is 6.42 Å². The zero-order chi connectivity index (χ0) is 19.8. The lowest BCUT2D eigenvalue weighted by Crippen LogP contribution is -2.35. The van der Waals surface area contributed by atoms with Gasteiger partial charge in [-0.25, -0.2) is 0 Å². The van der Waals surface area contributed by atoms with Crippen molar-refractivity contribution < 1.29 is 9.53 Å². The molecular weight excluding hydrogens is 372 g/mol. The first-order chi connectivity index (χ1) is 13.6. The van der Waals surface area contributed by atoms with Crippen molar-refractivity contribution in [2.75, 3.05) is 33.3 Å². The zero-order valence-electron chi connectivity index (χ0n) is 16.6. The van der Waals surface area contributed by atoms with Crippen molar-refractivity contribution in [2.24, 2.45) is 0 Å². The second-order valence-electron chi connectivity index (χ2n) is 7.34. The first-order valence-electron chi connectivity index (χ1n) is 10.0. The Balaban J connectivity index is 1.42. The number of ether oxygens (including phenoxy) is 1. The molecule has 28 heavy (non-hydrogen) atoms. The lowest BCUT2D eigenvalue weighted by molar-refractivity contribution is -0.131. The smallest absolute Gasteiger partial charge is 0.222 e. The van der Waals surface area contributed by atoms with Crippen molar-refractivity contribution in [3.8, 4) is 5.75 Å². The summed E-state index contributed by atoms with van der Waals surface area (Å²) in [7, 11) is 1.69. The zero-order valence-corrected chi connectivity index (χ0v) is 17.3. The maximum absolute atomic E-state index is 12.6. The summed E-state index contributed by atoms with van der Waals surface area (Å²) in [6.45, 7) is 4.55. The van der Waals surface area contributed by atoms with Crippen molar-refractivity contribution in [3.05, 3.63) is 64.7 Å². The highest BCUT2D eigenvalue weighted by atomic mass is 35.5. The molecule has 1 saturated heterocycles. The first kappa shape index (κ1) is 20.7. The normalized spacial score (nSPS) is 15.3. The highest BCUT2D eigenvalue weighted by Gasteiger charge is 2.19. The average Bonchev–Trinajstić information content (AvgIpc) is 2.96. The molecule has 1 aliphatic rings. The lowest BCUT2D eigenvalue weighted by Gasteiger charge is -2.22. The van der Waals surface area contributed by atoms with E-state index < -0.39 is 0 Å². The van der Waals surface area contributed by atoms with Crippen LogP contribution in [0.3, 0.4) is 0 Å². The van der Waals surface area contributed by atoms with E-state index in [2.05, 4.69) is 17.0 Å². The van der Waals surface area contributed by atoms with Gasteiger partial charge in [0.2, 0.25) is 5.91 Å². The number of methoxy groups -OCH3 is 1. The number of hydrogen-bond acceptors (Lipinski definition) is 3. The number of aryl methyl sites for hydroxylation is 1. The molecule has 0 radical (unpaired) electrons. The van der Waals surface area contributed by atoms with Gasteiger partial charge in [-0.1, -0.05) is 35.9 Å². The fraction of sp³-hybridized carbons (Fsp3) is 0.435. The number of benzene rings is 2. The van der Waals surface area contributed by atoms with E-state index in [1.165, 1.54) is 11.1 Å². The number of halogens is 1. The molecule has 1 aliphatic heterocycles. The Morgan fingerprint density at radius 2 is 1.68 bits per heavy atom. The molecular formula is C23H29ClN2O2. The summed E-state index contributed by atoms with van der Waals surface area (Å²) < 4.78 is 5.22. The van der Waals surface area contributed by atoms with Crippen LogP contribution in [0, 0.1) is 0 Å². The number of hydrogen-bond donors (Lipinski definition) is 0. The van der Waals surface area contributed by atoms with Crippen LogP contribution in [0.4, 0.5) is 0 Å². The molecule has 0 spiro atoms. The Bertz CT molecular complexity index is 746. The van der Waals surface area contributed by atoms with Crippen LogP contribution < -0.4 is 4.74 Å². The molecule has 5 heteroatoms. The van der Waals surface area contributed by atoms with Crippen LogP contribution in [-0.2, 0) is 17.8 Å². The van der Waals surface area contributed by atoms with Gasteiger partial charge in [0, 0.05) is 44.2 Å². The van der Waals surface area contributed by atoms with E-state index in [1.54, 1.807) is 7.11 Å². The molecule has 0 atom stereocenters. The van der Waals surface area contributed by atoms with E-state index in [4.69, 9.17) is 16.3 Å². The van der Waals surface area contributed by atoms with Gasteiger partial charge in [-0.05, 0) is 54.7 Å². The van der Waals surface area contributed by atoms with Gasteiger partial charge in [-0.2, -0.15) is 0 Å². The Hall–Kier alpha value is -2.04. The maximum Gasteiger partial charge on any atom is 0.222 e. The molecule has 1 fully saturated rings. The number of rotatable bonds is 7. The molecule has 0 N–H and O–H groups in total. The van der Waals surface area contributed by atoms with Crippen LogP contribution in [0.15, 0.2) is 48.5 Å². The van der Waals surface area contributed by atoms with Gasteiger partial charge in [0.15, 0.2) is 0 Å². The predicted molar refractivity (Wildman–Crippen MR) is 114 cm³/mol. The molecule has 0 bridgehead atoms. The van der Waals surface area contributed by atoms with Crippen LogP contribution in [0.1, 0.15) is 30.4 Å². The molecule has 1 heterocycles. The molecule has 1 amide bonds. The minimum absolute atomic E-state index is 0.278. The number of carbonyl (C=O) groups excluding carboxylic acids is 1. The minimum Gasteiger partial charge on any atom is -0.497 e. The van der Waals surface area contributed by atoms with Crippen LogP contribution in [0.2, 0.25) is 5.02 Å². The highest BCUT2D eigenvalue weighted by Crippen LogP contribution is 2.15. The summed E-state index contributed by atoms with van der Waals surface area (Å²) in [5, 5.41) is 0.753. The van der Waals surface area contributed by atoms with Gasteiger partial charge in [0.25, 0.3) is 0 Å². The van der Waals surface area contributed by atoms with Crippen molar-refractivity contribution in [1.29, 1.82) is 0 Å². The molecule has 2 aromatic carbocycles. The van der Waals surface area contributed by atoms with Gasteiger partial charge in [-0.3, -0.25) is 9.69 Å². The van der Waals surface area contributed by atoms with Crippen LogP contribution in [-0.4, -0.2) is 49.0 Å². The van der Waals surface area contributed by atoms with Crippen molar-refractivity contribution in [3.63, 3.8) is 0 Å². The lowest BCUT2D eigenvalue weighted by atomic mass is 10.1. The van der Waals surface area contributed by atoms with E-state index in [0.717, 1.165) is 62.8 Å². The summed E-state index contributed by atoms with van der Waals surface area (Å²) >= 11 is 5.92. The molecule has 0 saturated carbocycles. The van der Waals surface area contributed by atoms with Crippen molar-refractivity contribution in [1.82, 2.24) is 9.80 Å². The summed E-state index contributed by atoms with van der Waals surface area (Å²) in [4.78, 5) is 17.1. The Morgan fingerprint density at radius 3 is 2.39 bits per heavy atom.